The smallest absolute Gasteiger partial charge is 0.307 e. The molecule has 4 heteroatoms. The van der Waals surface area contributed by atoms with Crippen molar-refractivity contribution >= 4 is 5.97 Å². The molecule has 4 rings (SSSR count). The van der Waals surface area contributed by atoms with Crippen LogP contribution in [0.5, 0.6) is 11.5 Å². The summed E-state index contributed by atoms with van der Waals surface area (Å²) in [5, 5.41) is 19.7. The van der Waals surface area contributed by atoms with Crippen molar-refractivity contribution in [3.8, 4) is 11.5 Å². The van der Waals surface area contributed by atoms with Crippen LogP contribution in [-0.2, 0) is 11.2 Å². The Morgan fingerprint density at radius 3 is 2.75 bits per heavy atom. The Morgan fingerprint density at radius 1 is 1.25 bits per heavy atom. The van der Waals surface area contributed by atoms with Crippen molar-refractivity contribution in [3.05, 3.63) is 23.3 Å². The first-order chi connectivity index (χ1) is 11.5. The molecule has 0 radical (unpaired) electrons. The highest BCUT2D eigenvalue weighted by Gasteiger charge is 2.56. The van der Waals surface area contributed by atoms with Gasteiger partial charge in [0.2, 0.25) is 0 Å². The number of hydrogen-bond donors (Lipinski definition) is 2. The molecule has 0 heterocycles. The van der Waals surface area contributed by atoms with E-state index in [0.717, 1.165) is 38.5 Å². The Kier molecular flexibility index (Phi) is 3.55. The van der Waals surface area contributed by atoms with Crippen LogP contribution in [0.15, 0.2) is 12.1 Å². The van der Waals surface area contributed by atoms with Crippen LogP contribution in [0.2, 0.25) is 0 Å². The number of aromatic hydroxyl groups is 1. The van der Waals surface area contributed by atoms with Gasteiger partial charge in [0.05, 0.1) is 13.0 Å². The molecule has 130 valence electrons. The van der Waals surface area contributed by atoms with Crippen molar-refractivity contribution in [3.63, 3.8) is 0 Å². The second kappa shape index (κ2) is 5.40. The summed E-state index contributed by atoms with van der Waals surface area (Å²) in [6, 6.07) is 3.89. The predicted octanol–water partition coefficient (Wildman–Crippen LogP) is 3.96. The quantitative estimate of drug-likeness (QED) is 0.861. The number of benzene rings is 1. The van der Waals surface area contributed by atoms with E-state index in [9.17, 15) is 15.0 Å². The van der Waals surface area contributed by atoms with E-state index >= 15 is 0 Å². The summed E-state index contributed by atoms with van der Waals surface area (Å²) in [4.78, 5) is 11.7. The Morgan fingerprint density at radius 2 is 2.04 bits per heavy atom. The average Bonchev–Trinajstić information content (AvgIpc) is 2.91. The van der Waals surface area contributed by atoms with E-state index < -0.39 is 5.97 Å². The van der Waals surface area contributed by atoms with Crippen molar-refractivity contribution in [1.29, 1.82) is 0 Å². The molecular weight excluding hydrogens is 304 g/mol. The fraction of sp³-hybridized carbons (Fsp3) is 0.650. The predicted molar refractivity (Wildman–Crippen MR) is 90.4 cm³/mol. The first-order valence-electron chi connectivity index (χ1n) is 9.08. The Labute approximate surface area is 142 Å². The Bertz CT molecular complexity index is 682. The van der Waals surface area contributed by atoms with Gasteiger partial charge in [-0.25, -0.2) is 0 Å². The first-order valence-corrected chi connectivity index (χ1v) is 9.08. The fourth-order valence-corrected chi connectivity index (χ4v) is 6.16. The number of carboxylic acids is 1. The Hall–Kier alpha value is -1.71. The van der Waals surface area contributed by atoms with Crippen LogP contribution in [-0.4, -0.2) is 23.3 Å². The van der Waals surface area contributed by atoms with E-state index in [0.29, 0.717) is 23.5 Å². The van der Waals surface area contributed by atoms with Crippen LogP contribution in [0, 0.1) is 23.2 Å². The van der Waals surface area contributed by atoms with Gasteiger partial charge in [-0.1, -0.05) is 6.92 Å². The van der Waals surface area contributed by atoms with E-state index in [4.69, 9.17) is 4.74 Å². The number of phenolic OH excluding ortho intramolecular Hbond substituents is 1. The maximum Gasteiger partial charge on any atom is 0.307 e. The monoisotopic (exact) mass is 330 g/mol. The lowest BCUT2D eigenvalue weighted by Gasteiger charge is -2.50. The summed E-state index contributed by atoms with van der Waals surface area (Å²) in [6.07, 6.45) is 5.97. The number of aryl methyl sites for hydroxylation is 1. The number of aliphatic carboxylic acids is 1. The van der Waals surface area contributed by atoms with Crippen LogP contribution >= 0.6 is 0 Å². The molecule has 1 aromatic carbocycles. The zero-order chi connectivity index (χ0) is 17.1. The highest BCUT2D eigenvalue weighted by Crippen LogP contribution is 2.63. The van der Waals surface area contributed by atoms with E-state index in [2.05, 4.69) is 6.92 Å². The van der Waals surface area contributed by atoms with Gasteiger partial charge in [0.25, 0.3) is 0 Å². The third-order valence-corrected chi connectivity index (χ3v) is 7.32. The topological polar surface area (TPSA) is 66.8 Å². The molecule has 2 N–H and O–H groups in total. The third kappa shape index (κ3) is 2.08. The van der Waals surface area contributed by atoms with Crippen LogP contribution < -0.4 is 4.74 Å². The van der Waals surface area contributed by atoms with Gasteiger partial charge < -0.3 is 14.9 Å². The van der Waals surface area contributed by atoms with Gasteiger partial charge in [0.1, 0.15) is 0 Å². The number of hydrogen-bond acceptors (Lipinski definition) is 3. The van der Waals surface area contributed by atoms with Gasteiger partial charge in [-0.15, -0.1) is 0 Å². The fourth-order valence-electron chi connectivity index (χ4n) is 6.16. The highest BCUT2D eigenvalue weighted by molar-refractivity contribution is 5.71. The molecule has 0 aromatic heterocycles. The highest BCUT2D eigenvalue weighted by atomic mass is 16.5. The van der Waals surface area contributed by atoms with Crippen LogP contribution in [0.25, 0.3) is 0 Å². The Balaban J connectivity index is 1.70. The van der Waals surface area contributed by atoms with Crippen LogP contribution in [0.4, 0.5) is 0 Å². The standard InChI is InChI=1S/C20H26O4/c1-20-8-7-12-13(15(20)5-6-16(20)19(22)23)4-3-11-9-17(21)18(24-2)10-14(11)12/h9-10,12-13,15-16,21H,3-8H2,1-2H3,(H,22,23)/t12?,13?,15?,16-,20+/m1/s1. The maximum absolute atomic E-state index is 11.7. The molecule has 2 fully saturated rings. The van der Waals surface area contributed by atoms with Gasteiger partial charge in [0.15, 0.2) is 11.5 Å². The van der Waals surface area contributed by atoms with E-state index in [-0.39, 0.29) is 17.1 Å². The summed E-state index contributed by atoms with van der Waals surface area (Å²) in [5.74, 6) is 1.54. The number of phenols is 1. The van der Waals surface area contributed by atoms with Crippen molar-refractivity contribution < 1.29 is 19.7 Å². The van der Waals surface area contributed by atoms with E-state index in [1.807, 2.05) is 12.1 Å². The normalized spacial score (nSPS) is 37.2. The van der Waals surface area contributed by atoms with Gasteiger partial charge in [-0.2, -0.15) is 0 Å². The molecule has 0 amide bonds. The minimum Gasteiger partial charge on any atom is -0.504 e. The number of methoxy groups -OCH3 is 1. The lowest BCUT2D eigenvalue weighted by atomic mass is 9.54. The second-order valence-corrected chi connectivity index (χ2v) is 8.15. The summed E-state index contributed by atoms with van der Waals surface area (Å²) < 4.78 is 5.32. The molecular formula is C20H26O4. The second-order valence-electron chi connectivity index (χ2n) is 8.15. The largest absolute Gasteiger partial charge is 0.504 e. The van der Waals surface area contributed by atoms with Crippen molar-refractivity contribution in [2.45, 2.75) is 51.4 Å². The number of rotatable bonds is 2. The van der Waals surface area contributed by atoms with Crippen LogP contribution in [0.1, 0.15) is 56.1 Å². The van der Waals surface area contributed by atoms with Gasteiger partial charge in [-0.3, -0.25) is 4.79 Å². The minimum absolute atomic E-state index is 0.0501. The number of ether oxygens (including phenoxy) is 1. The number of carbonyl (C=O) groups is 1. The minimum atomic E-state index is -0.610. The molecule has 3 aliphatic carbocycles. The molecule has 24 heavy (non-hydrogen) atoms. The van der Waals surface area contributed by atoms with E-state index in [1.165, 1.54) is 11.1 Å². The SMILES string of the molecule is COc1cc2c(cc1O)CCC1C2CC[C@@]2(C)C1CC[C@@H]2C(=O)O. The molecule has 1 aromatic rings. The van der Waals surface area contributed by atoms with Crippen molar-refractivity contribution in [2.75, 3.05) is 7.11 Å². The van der Waals surface area contributed by atoms with Gasteiger partial charge in [-0.05, 0) is 85.0 Å². The molecule has 2 saturated carbocycles. The molecule has 4 nitrogen and oxygen atoms in total. The lowest BCUT2D eigenvalue weighted by Crippen LogP contribution is -2.44. The lowest BCUT2D eigenvalue weighted by molar-refractivity contribution is -0.147. The maximum atomic E-state index is 11.7. The molecule has 0 aliphatic heterocycles. The zero-order valence-electron chi connectivity index (χ0n) is 14.4. The van der Waals surface area contributed by atoms with Crippen molar-refractivity contribution in [2.24, 2.45) is 23.2 Å². The average molecular weight is 330 g/mol. The van der Waals surface area contributed by atoms with Gasteiger partial charge in [0, 0.05) is 0 Å². The van der Waals surface area contributed by atoms with Crippen molar-refractivity contribution in [1.82, 2.24) is 0 Å². The van der Waals surface area contributed by atoms with Crippen LogP contribution in [0.3, 0.4) is 0 Å². The summed E-state index contributed by atoms with van der Waals surface area (Å²) >= 11 is 0. The number of fused-ring (bicyclic) bond motifs is 5. The molecule has 0 saturated heterocycles. The number of carboxylic acid groups (broad SMARTS) is 1. The zero-order valence-corrected chi connectivity index (χ0v) is 14.4. The third-order valence-electron chi connectivity index (χ3n) is 7.32. The summed E-state index contributed by atoms with van der Waals surface area (Å²) in [5.41, 5.74) is 2.51. The molecule has 3 unspecified atom stereocenters. The summed E-state index contributed by atoms with van der Waals surface area (Å²) in [7, 11) is 1.59. The first kappa shape index (κ1) is 15.8. The molecule has 0 bridgehead atoms. The molecule has 3 aliphatic rings. The summed E-state index contributed by atoms with van der Waals surface area (Å²) in [6.45, 7) is 2.21. The molecule has 5 atom stereocenters. The molecule has 0 spiro atoms. The van der Waals surface area contributed by atoms with Gasteiger partial charge >= 0.3 is 5.97 Å². The van der Waals surface area contributed by atoms with E-state index in [1.54, 1.807) is 7.11 Å².